The first kappa shape index (κ1) is 21.8. The summed E-state index contributed by atoms with van der Waals surface area (Å²) in [6, 6.07) is 5.21. The number of hydrogen-bond acceptors (Lipinski definition) is 3. The van der Waals surface area contributed by atoms with Gasteiger partial charge in [0.05, 0.1) is 11.4 Å². The second-order valence-electron chi connectivity index (χ2n) is 7.12. The molecular formula is C19H28F2N2O3S. The van der Waals surface area contributed by atoms with Crippen LogP contribution >= 0.6 is 0 Å². The summed E-state index contributed by atoms with van der Waals surface area (Å²) < 4.78 is 52.7. The highest BCUT2D eigenvalue weighted by atomic mass is 32.2. The Kier molecular flexibility index (Phi) is 7.33. The summed E-state index contributed by atoms with van der Waals surface area (Å²) in [7, 11) is -3.62. The van der Waals surface area contributed by atoms with Gasteiger partial charge in [0, 0.05) is 25.6 Å². The minimum Gasteiger partial charge on any atom is -0.337 e. The van der Waals surface area contributed by atoms with Crippen molar-refractivity contribution in [3.63, 3.8) is 0 Å². The molecule has 0 N–H and O–H groups in total. The van der Waals surface area contributed by atoms with Crippen LogP contribution in [-0.2, 0) is 14.8 Å². The number of rotatable bonds is 7. The molecule has 0 radical (unpaired) electrons. The molecule has 1 aromatic carbocycles. The third-order valence-corrected chi connectivity index (χ3v) is 6.97. The highest BCUT2D eigenvalue weighted by molar-refractivity contribution is 7.89. The van der Waals surface area contributed by atoms with Crippen LogP contribution in [-0.4, -0.2) is 56.1 Å². The maximum atomic E-state index is 12.9. The molecule has 0 saturated carbocycles. The molecule has 1 fully saturated rings. The van der Waals surface area contributed by atoms with Gasteiger partial charge in [-0.25, -0.2) is 17.2 Å². The molecule has 1 amide bonds. The van der Waals surface area contributed by atoms with E-state index in [1.54, 1.807) is 19.1 Å². The Morgan fingerprint density at radius 3 is 2.41 bits per heavy atom. The Morgan fingerprint density at radius 1 is 1.26 bits per heavy atom. The van der Waals surface area contributed by atoms with Crippen molar-refractivity contribution in [3.8, 4) is 0 Å². The number of carbonyl (C=O) groups is 1. The molecule has 1 aromatic rings. The van der Waals surface area contributed by atoms with E-state index >= 15 is 0 Å². The van der Waals surface area contributed by atoms with Gasteiger partial charge in [0.25, 0.3) is 6.43 Å². The molecule has 0 aromatic heterocycles. The van der Waals surface area contributed by atoms with Crippen LogP contribution in [0.3, 0.4) is 0 Å². The van der Waals surface area contributed by atoms with E-state index in [4.69, 9.17) is 0 Å². The van der Waals surface area contributed by atoms with Crippen LogP contribution in [0.5, 0.6) is 0 Å². The number of alkyl halides is 2. The van der Waals surface area contributed by atoms with Gasteiger partial charge in [0.2, 0.25) is 15.9 Å². The lowest BCUT2D eigenvalue weighted by molar-refractivity contribution is -0.138. The van der Waals surface area contributed by atoms with Crippen LogP contribution in [0.15, 0.2) is 23.1 Å². The average Bonchev–Trinajstić information content (AvgIpc) is 2.60. The Labute approximate surface area is 160 Å². The Hall–Kier alpha value is -1.54. The summed E-state index contributed by atoms with van der Waals surface area (Å²) in [5, 5.41) is 0. The molecule has 0 atom stereocenters. The van der Waals surface area contributed by atoms with Gasteiger partial charge in [-0.05, 0) is 44.7 Å². The third kappa shape index (κ3) is 5.25. The Bertz CT molecular complexity index is 760. The number of benzene rings is 1. The fourth-order valence-corrected chi connectivity index (χ4v) is 5.23. The second-order valence-corrected chi connectivity index (χ2v) is 9.03. The Morgan fingerprint density at radius 2 is 1.89 bits per heavy atom. The number of sulfonamides is 1. The first-order valence-corrected chi connectivity index (χ1v) is 10.7. The molecule has 1 aliphatic rings. The maximum Gasteiger partial charge on any atom is 0.255 e. The summed E-state index contributed by atoms with van der Waals surface area (Å²) in [5.74, 6) is -0.693. The Balaban J connectivity index is 2.06. The molecule has 1 saturated heterocycles. The van der Waals surface area contributed by atoms with Crippen LogP contribution in [0.2, 0.25) is 0 Å². The zero-order valence-corrected chi connectivity index (χ0v) is 16.9. The molecule has 0 aliphatic carbocycles. The van der Waals surface area contributed by atoms with Gasteiger partial charge in [-0.15, -0.1) is 0 Å². The van der Waals surface area contributed by atoms with Gasteiger partial charge >= 0.3 is 0 Å². The van der Waals surface area contributed by atoms with Crippen molar-refractivity contribution >= 4 is 15.9 Å². The maximum absolute atomic E-state index is 12.9. The van der Waals surface area contributed by atoms with E-state index < -0.39 is 28.9 Å². The number of hydrogen-bond donors (Lipinski definition) is 0. The quantitative estimate of drug-likeness (QED) is 0.704. The number of halogens is 2. The van der Waals surface area contributed by atoms with Crippen molar-refractivity contribution in [3.05, 3.63) is 29.3 Å². The van der Waals surface area contributed by atoms with Crippen LogP contribution in [0, 0.1) is 19.8 Å². The van der Waals surface area contributed by atoms with Crippen LogP contribution < -0.4 is 0 Å². The van der Waals surface area contributed by atoms with Crippen molar-refractivity contribution in [2.45, 2.75) is 51.4 Å². The minimum absolute atomic E-state index is 0.223. The second kappa shape index (κ2) is 9.10. The standard InChI is InChI=1S/C19H28F2N2O3S/c1-4-9-22(13-18(20)21)19(24)16-7-10-23(11-8-16)27(25,26)17-6-5-14(2)12-15(17)3/h5-6,12,16,18H,4,7-11,13H2,1-3H3. The molecule has 0 unspecified atom stereocenters. The first-order valence-electron chi connectivity index (χ1n) is 9.31. The van der Waals surface area contributed by atoms with Gasteiger partial charge in [0.15, 0.2) is 0 Å². The van der Waals surface area contributed by atoms with Crippen LogP contribution in [0.25, 0.3) is 0 Å². The topological polar surface area (TPSA) is 57.7 Å². The first-order chi connectivity index (χ1) is 12.7. The summed E-state index contributed by atoms with van der Waals surface area (Å²) in [6.45, 7) is 5.69. The third-order valence-electron chi connectivity index (χ3n) is 4.92. The molecule has 1 aliphatic heterocycles. The van der Waals surface area contributed by atoms with E-state index in [1.807, 2.05) is 19.9 Å². The molecule has 8 heteroatoms. The molecule has 0 bridgehead atoms. The van der Waals surface area contributed by atoms with Crippen LogP contribution in [0.4, 0.5) is 8.78 Å². The molecular weight excluding hydrogens is 374 g/mol. The van der Waals surface area contributed by atoms with Crippen molar-refractivity contribution in [1.82, 2.24) is 9.21 Å². The zero-order chi connectivity index (χ0) is 20.2. The number of aryl methyl sites for hydroxylation is 2. The summed E-state index contributed by atoms with van der Waals surface area (Å²) in [5.41, 5.74) is 1.69. The lowest BCUT2D eigenvalue weighted by atomic mass is 9.96. The molecule has 152 valence electrons. The monoisotopic (exact) mass is 402 g/mol. The van der Waals surface area contributed by atoms with E-state index in [0.717, 1.165) is 5.56 Å². The molecule has 2 rings (SSSR count). The fourth-order valence-electron chi connectivity index (χ4n) is 3.56. The van der Waals surface area contributed by atoms with E-state index in [2.05, 4.69) is 0 Å². The smallest absolute Gasteiger partial charge is 0.255 e. The van der Waals surface area contributed by atoms with Gasteiger partial charge in [-0.1, -0.05) is 24.6 Å². The van der Waals surface area contributed by atoms with Crippen molar-refractivity contribution in [2.24, 2.45) is 5.92 Å². The molecule has 5 nitrogen and oxygen atoms in total. The number of carbonyl (C=O) groups excluding carboxylic acids is 1. The molecule has 0 spiro atoms. The fraction of sp³-hybridized carbons (Fsp3) is 0.632. The van der Waals surface area contributed by atoms with E-state index in [0.29, 0.717) is 31.4 Å². The summed E-state index contributed by atoms with van der Waals surface area (Å²) in [6.07, 6.45) is -1.25. The largest absolute Gasteiger partial charge is 0.337 e. The number of amides is 1. The average molecular weight is 403 g/mol. The van der Waals surface area contributed by atoms with Crippen molar-refractivity contribution in [2.75, 3.05) is 26.2 Å². The lowest BCUT2D eigenvalue weighted by Crippen LogP contribution is -2.45. The summed E-state index contributed by atoms with van der Waals surface area (Å²) >= 11 is 0. The van der Waals surface area contributed by atoms with Gasteiger partial charge in [-0.2, -0.15) is 4.31 Å². The zero-order valence-electron chi connectivity index (χ0n) is 16.1. The lowest BCUT2D eigenvalue weighted by Gasteiger charge is -2.33. The van der Waals surface area contributed by atoms with Crippen molar-refractivity contribution < 1.29 is 22.0 Å². The normalized spacial score (nSPS) is 16.7. The van der Waals surface area contributed by atoms with Crippen molar-refractivity contribution in [1.29, 1.82) is 0 Å². The van der Waals surface area contributed by atoms with Gasteiger partial charge < -0.3 is 4.90 Å². The number of piperidine rings is 1. The number of nitrogens with zero attached hydrogens (tertiary/aromatic N) is 2. The molecule has 1 heterocycles. The SMILES string of the molecule is CCCN(CC(F)F)C(=O)C1CCN(S(=O)(=O)c2ccc(C)cc2C)CC1. The van der Waals surface area contributed by atoms with Gasteiger partial charge in [0.1, 0.15) is 0 Å². The highest BCUT2D eigenvalue weighted by Crippen LogP contribution is 2.27. The predicted molar refractivity (Wildman–Crippen MR) is 100 cm³/mol. The van der Waals surface area contributed by atoms with Gasteiger partial charge in [-0.3, -0.25) is 4.79 Å². The highest BCUT2D eigenvalue weighted by Gasteiger charge is 2.34. The predicted octanol–water partition coefficient (Wildman–Crippen LogP) is 3.21. The molecule has 27 heavy (non-hydrogen) atoms. The minimum atomic E-state index is -3.62. The van der Waals surface area contributed by atoms with E-state index in [1.165, 1.54) is 9.21 Å². The summed E-state index contributed by atoms with van der Waals surface area (Å²) in [4.78, 5) is 14.1. The van der Waals surface area contributed by atoms with E-state index in [9.17, 15) is 22.0 Å². The van der Waals surface area contributed by atoms with Crippen LogP contribution in [0.1, 0.15) is 37.3 Å². The van der Waals surface area contributed by atoms with E-state index in [-0.39, 0.29) is 23.9 Å².